The summed E-state index contributed by atoms with van der Waals surface area (Å²) in [6.45, 7) is 0. The summed E-state index contributed by atoms with van der Waals surface area (Å²) in [4.78, 5) is 2.39. The van der Waals surface area contributed by atoms with E-state index in [2.05, 4.69) is 217 Å². The summed E-state index contributed by atoms with van der Waals surface area (Å²) in [6, 6.07) is 75.7. The molecule has 10 rings (SSSR count). The van der Waals surface area contributed by atoms with Crippen molar-refractivity contribution in [3.63, 3.8) is 0 Å². The Labute approximate surface area is 314 Å². The lowest BCUT2D eigenvalue weighted by Gasteiger charge is -2.28. The summed E-state index contributed by atoms with van der Waals surface area (Å²) >= 11 is 0. The van der Waals surface area contributed by atoms with Gasteiger partial charge in [-0.1, -0.05) is 170 Å². The number of fused-ring (bicyclic) bond motifs is 5. The summed E-state index contributed by atoms with van der Waals surface area (Å²) < 4.78 is 6.86. The molecule has 54 heavy (non-hydrogen) atoms. The van der Waals surface area contributed by atoms with Crippen LogP contribution in [-0.4, -0.2) is 0 Å². The zero-order valence-electron chi connectivity index (χ0n) is 29.6. The Morgan fingerprint density at radius 3 is 1.61 bits per heavy atom. The van der Waals surface area contributed by atoms with E-state index in [0.717, 1.165) is 55.5 Å². The average Bonchev–Trinajstić information content (AvgIpc) is 3.64. The van der Waals surface area contributed by atoms with Crippen molar-refractivity contribution in [2.45, 2.75) is 0 Å². The summed E-state index contributed by atoms with van der Waals surface area (Å²) in [5, 5.41) is 4.43. The average molecular weight is 690 g/mol. The summed E-state index contributed by atoms with van der Waals surface area (Å²) in [5.74, 6) is 0. The first-order valence-corrected chi connectivity index (χ1v) is 18.4. The first kappa shape index (κ1) is 31.6. The first-order chi connectivity index (χ1) is 26.8. The monoisotopic (exact) mass is 689 g/mol. The standard InChI is InChI=1S/C52H35NO/c1-4-16-36(17-5-1)38-30-32-39(33-31-38)43-24-12-13-27-48(43)53(42-22-8-3-9-23-42)49-28-15-29-50-51(49)47-35-46(44-25-10-11-26-45(44)52(47)54-50)41-21-14-20-40(34-41)37-18-6-2-7-19-37/h1-35H. The van der Waals surface area contributed by atoms with Crippen LogP contribution in [0.3, 0.4) is 0 Å². The second-order valence-electron chi connectivity index (χ2n) is 13.7. The molecule has 0 aliphatic carbocycles. The Balaban J connectivity index is 1.20. The fraction of sp³-hybridized carbons (Fsp3) is 0. The second-order valence-corrected chi connectivity index (χ2v) is 13.7. The quantitative estimate of drug-likeness (QED) is 0.166. The molecule has 1 aromatic heterocycles. The third kappa shape index (κ3) is 5.53. The minimum Gasteiger partial charge on any atom is -0.455 e. The lowest BCUT2D eigenvalue weighted by Crippen LogP contribution is -2.11. The van der Waals surface area contributed by atoms with Gasteiger partial charge >= 0.3 is 0 Å². The zero-order valence-corrected chi connectivity index (χ0v) is 29.6. The van der Waals surface area contributed by atoms with Gasteiger partial charge in [0.1, 0.15) is 11.2 Å². The fourth-order valence-corrected chi connectivity index (χ4v) is 7.92. The van der Waals surface area contributed by atoms with E-state index in [0.29, 0.717) is 0 Å². The number of nitrogens with zero attached hydrogens (tertiary/aromatic N) is 1. The third-order valence-electron chi connectivity index (χ3n) is 10.5. The van der Waals surface area contributed by atoms with Gasteiger partial charge in [0.05, 0.1) is 16.8 Å². The number of hydrogen-bond acceptors (Lipinski definition) is 2. The maximum absolute atomic E-state index is 6.86. The highest BCUT2D eigenvalue weighted by Crippen LogP contribution is 2.48. The van der Waals surface area contributed by atoms with Crippen LogP contribution in [0.1, 0.15) is 0 Å². The van der Waals surface area contributed by atoms with Crippen molar-refractivity contribution in [3.8, 4) is 44.5 Å². The van der Waals surface area contributed by atoms with Crippen LogP contribution in [0.4, 0.5) is 17.1 Å². The van der Waals surface area contributed by atoms with Crippen LogP contribution in [0, 0.1) is 0 Å². The predicted molar refractivity (Wildman–Crippen MR) is 228 cm³/mol. The third-order valence-corrected chi connectivity index (χ3v) is 10.5. The Kier molecular flexibility index (Phi) is 7.85. The fourth-order valence-electron chi connectivity index (χ4n) is 7.92. The maximum Gasteiger partial charge on any atom is 0.143 e. The molecule has 2 heteroatoms. The molecule has 10 aromatic rings. The van der Waals surface area contributed by atoms with E-state index >= 15 is 0 Å². The van der Waals surface area contributed by atoms with Gasteiger partial charge in [0.2, 0.25) is 0 Å². The van der Waals surface area contributed by atoms with Gasteiger partial charge in [-0.15, -0.1) is 0 Å². The van der Waals surface area contributed by atoms with Crippen molar-refractivity contribution in [1.29, 1.82) is 0 Å². The maximum atomic E-state index is 6.86. The van der Waals surface area contributed by atoms with Gasteiger partial charge in [0.25, 0.3) is 0 Å². The van der Waals surface area contributed by atoms with Gasteiger partial charge in [0.15, 0.2) is 0 Å². The van der Waals surface area contributed by atoms with Crippen LogP contribution in [0.5, 0.6) is 0 Å². The van der Waals surface area contributed by atoms with Gasteiger partial charge in [-0.05, 0) is 86.8 Å². The van der Waals surface area contributed by atoms with Crippen LogP contribution in [0.15, 0.2) is 217 Å². The zero-order chi connectivity index (χ0) is 35.8. The van der Waals surface area contributed by atoms with Crippen LogP contribution in [0.2, 0.25) is 0 Å². The van der Waals surface area contributed by atoms with E-state index in [1.54, 1.807) is 0 Å². The summed E-state index contributed by atoms with van der Waals surface area (Å²) in [5.41, 5.74) is 14.4. The van der Waals surface area contributed by atoms with Crippen molar-refractivity contribution in [2.75, 3.05) is 4.90 Å². The summed E-state index contributed by atoms with van der Waals surface area (Å²) in [7, 11) is 0. The molecule has 0 bridgehead atoms. The van der Waals surface area contributed by atoms with Gasteiger partial charge in [-0.25, -0.2) is 0 Å². The van der Waals surface area contributed by atoms with Crippen molar-refractivity contribution in [3.05, 3.63) is 212 Å². The number of furan rings is 1. The second kappa shape index (κ2) is 13.4. The molecule has 1 heterocycles. The number of hydrogen-bond donors (Lipinski definition) is 0. The molecular formula is C52H35NO. The van der Waals surface area contributed by atoms with Crippen LogP contribution >= 0.6 is 0 Å². The minimum atomic E-state index is 0.855. The number of para-hydroxylation sites is 2. The molecule has 0 saturated heterocycles. The topological polar surface area (TPSA) is 16.4 Å². The van der Waals surface area contributed by atoms with Gasteiger partial charge in [-0.3, -0.25) is 0 Å². The van der Waals surface area contributed by atoms with Crippen molar-refractivity contribution < 1.29 is 4.42 Å². The molecule has 0 spiro atoms. The summed E-state index contributed by atoms with van der Waals surface area (Å²) in [6.07, 6.45) is 0. The normalized spacial score (nSPS) is 11.3. The van der Waals surface area contributed by atoms with Crippen LogP contribution in [0.25, 0.3) is 77.2 Å². The molecule has 9 aromatic carbocycles. The number of rotatable bonds is 7. The highest BCUT2D eigenvalue weighted by atomic mass is 16.3. The van der Waals surface area contributed by atoms with Crippen molar-refractivity contribution in [2.24, 2.45) is 0 Å². The van der Waals surface area contributed by atoms with Crippen molar-refractivity contribution in [1.82, 2.24) is 0 Å². The van der Waals surface area contributed by atoms with E-state index in [-0.39, 0.29) is 0 Å². The highest BCUT2D eigenvalue weighted by molar-refractivity contribution is 6.22. The Morgan fingerprint density at radius 2 is 0.852 bits per heavy atom. The molecule has 0 amide bonds. The minimum absolute atomic E-state index is 0.855. The Hall–Kier alpha value is -7.16. The smallest absolute Gasteiger partial charge is 0.143 e. The van der Waals surface area contributed by atoms with E-state index in [9.17, 15) is 0 Å². The molecule has 0 atom stereocenters. The molecule has 254 valence electrons. The molecule has 0 aliphatic heterocycles. The van der Waals surface area contributed by atoms with Crippen LogP contribution in [-0.2, 0) is 0 Å². The SMILES string of the molecule is c1ccc(-c2ccc(-c3ccccc3N(c3ccccc3)c3cccc4oc5c6ccccc6c(-c6cccc(-c7ccccc7)c6)cc5c34)cc2)cc1. The van der Waals surface area contributed by atoms with Crippen LogP contribution < -0.4 is 4.90 Å². The van der Waals surface area contributed by atoms with E-state index in [1.165, 1.54) is 38.8 Å². The number of anilines is 3. The lowest BCUT2D eigenvalue weighted by atomic mass is 9.93. The van der Waals surface area contributed by atoms with Gasteiger partial charge < -0.3 is 9.32 Å². The molecule has 0 fully saturated rings. The Morgan fingerprint density at radius 1 is 0.315 bits per heavy atom. The molecule has 0 N–H and O–H groups in total. The predicted octanol–water partition coefficient (Wildman–Crippen LogP) is 14.9. The lowest BCUT2D eigenvalue weighted by molar-refractivity contribution is 0.672. The van der Waals surface area contributed by atoms with Gasteiger partial charge in [-0.2, -0.15) is 0 Å². The van der Waals surface area contributed by atoms with E-state index < -0.39 is 0 Å². The number of benzene rings is 9. The molecule has 0 aliphatic rings. The highest BCUT2D eigenvalue weighted by Gasteiger charge is 2.23. The molecule has 2 nitrogen and oxygen atoms in total. The molecule has 0 unspecified atom stereocenters. The van der Waals surface area contributed by atoms with E-state index in [1.807, 2.05) is 0 Å². The largest absolute Gasteiger partial charge is 0.455 e. The van der Waals surface area contributed by atoms with Crippen molar-refractivity contribution >= 4 is 49.8 Å². The first-order valence-electron chi connectivity index (χ1n) is 18.4. The molecular weight excluding hydrogens is 655 g/mol. The van der Waals surface area contributed by atoms with E-state index in [4.69, 9.17) is 4.42 Å². The molecule has 0 saturated carbocycles. The molecule has 0 radical (unpaired) electrons. The Bertz CT molecular complexity index is 2910. The van der Waals surface area contributed by atoms with Gasteiger partial charge in [0, 0.05) is 22.0 Å².